The Balaban J connectivity index is 2.17. The molecule has 2 aromatic heterocycles. The topological polar surface area (TPSA) is 52.8 Å². The highest BCUT2D eigenvalue weighted by atomic mass is 35.5. The van der Waals surface area contributed by atoms with E-state index in [4.69, 9.17) is 16.3 Å². The minimum Gasteiger partial charge on any atom is -0.436 e. The molecule has 2 rings (SSSR count). The van der Waals surface area contributed by atoms with Crippen LogP contribution in [-0.4, -0.2) is 19.7 Å². The van der Waals surface area contributed by atoms with E-state index in [1.807, 2.05) is 13.1 Å². The number of nitrogens with zero attached hydrogens (tertiary/aromatic N) is 4. The molecule has 2 heterocycles. The molecule has 18 heavy (non-hydrogen) atoms. The molecule has 0 aliphatic heterocycles. The highest BCUT2D eigenvalue weighted by Crippen LogP contribution is 2.21. The largest absolute Gasteiger partial charge is 0.436 e. The van der Waals surface area contributed by atoms with Gasteiger partial charge < -0.3 is 4.74 Å². The maximum atomic E-state index is 5.93. The molecular weight excluding hydrogens is 252 g/mol. The van der Waals surface area contributed by atoms with Gasteiger partial charge in [0, 0.05) is 19.0 Å². The smallest absolute Gasteiger partial charge is 0.224 e. The summed E-state index contributed by atoms with van der Waals surface area (Å²) in [5.41, 5.74) is 0. The number of aromatic nitrogens is 4. The Morgan fingerprint density at radius 1 is 1.33 bits per heavy atom. The molecule has 0 bridgehead atoms. The number of hydrogen-bond acceptors (Lipinski definition) is 4. The van der Waals surface area contributed by atoms with E-state index in [2.05, 4.69) is 22.0 Å². The second-order valence-corrected chi connectivity index (χ2v) is 4.22. The van der Waals surface area contributed by atoms with Crippen molar-refractivity contribution < 1.29 is 4.74 Å². The molecule has 0 amide bonds. The number of aryl methyl sites for hydroxylation is 2. The standard InChI is InChI=1S/C12H15ClN4O/c1-3-5-11-15-10(13)6-12(16-11)18-9-7-14-17(4-2)8-9/h6-8H,3-5H2,1-2H3. The molecule has 0 aromatic carbocycles. The second kappa shape index (κ2) is 5.82. The van der Waals surface area contributed by atoms with Crippen LogP contribution in [-0.2, 0) is 13.0 Å². The highest BCUT2D eigenvalue weighted by Gasteiger charge is 2.06. The monoisotopic (exact) mass is 266 g/mol. The average Bonchev–Trinajstić information content (AvgIpc) is 2.76. The lowest BCUT2D eigenvalue weighted by atomic mass is 10.3. The molecule has 2 aromatic rings. The lowest BCUT2D eigenvalue weighted by molar-refractivity contribution is 0.457. The van der Waals surface area contributed by atoms with Gasteiger partial charge >= 0.3 is 0 Å². The summed E-state index contributed by atoms with van der Waals surface area (Å²) in [6, 6.07) is 1.60. The van der Waals surface area contributed by atoms with Crippen LogP contribution in [0.3, 0.4) is 0 Å². The van der Waals surface area contributed by atoms with Gasteiger partial charge in [0.25, 0.3) is 0 Å². The summed E-state index contributed by atoms with van der Waals surface area (Å²) in [5.74, 6) is 1.80. The Kier molecular flexibility index (Phi) is 4.15. The molecule has 5 nitrogen and oxygen atoms in total. The lowest BCUT2D eigenvalue weighted by Crippen LogP contribution is -1.97. The Bertz CT molecular complexity index is 527. The van der Waals surface area contributed by atoms with Crippen LogP contribution in [0.1, 0.15) is 26.1 Å². The van der Waals surface area contributed by atoms with Crippen molar-refractivity contribution in [1.29, 1.82) is 0 Å². The van der Waals surface area contributed by atoms with E-state index < -0.39 is 0 Å². The third-order valence-corrected chi connectivity index (χ3v) is 2.54. The van der Waals surface area contributed by atoms with Crippen molar-refractivity contribution in [3.63, 3.8) is 0 Å². The van der Waals surface area contributed by atoms with Crippen molar-refractivity contribution in [2.75, 3.05) is 0 Å². The first kappa shape index (κ1) is 12.8. The molecule has 0 N–H and O–H groups in total. The van der Waals surface area contributed by atoms with E-state index in [0.29, 0.717) is 22.6 Å². The molecule has 0 radical (unpaired) electrons. The van der Waals surface area contributed by atoms with Crippen LogP contribution in [0.5, 0.6) is 11.6 Å². The van der Waals surface area contributed by atoms with Crippen LogP contribution in [0.25, 0.3) is 0 Å². The fourth-order valence-corrected chi connectivity index (χ4v) is 1.71. The van der Waals surface area contributed by atoms with E-state index in [0.717, 1.165) is 19.4 Å². The van der Waals surface area contributed by atoms with E-state index in [9.17, 15) is 0 Å². The zero-order chi connectivity index (χ0) is 13.0. The first-order chi connectivity index (χ1) is 8.71. The summed E-state index contributed by atoms with van der Waals surface area (Å²) >= 11 is 5.93. The quantitative estimate of drug-likeness (QED) is 0.781. The van der Waals surface area contributed by atoms with Crippen molar-refractivity contribution in [2.45, 2.75) is 33.2 Å². The van der Waals surface area contributed by atoms with Crippen molar-refractivity contribution in [3.05, 3.63) is 29.4 Å². The van der Waals surface area contributed by atoms with Crippen LogP contribution in [0, 0.1) is 0 Å². The second-order valence-electron chi connectivity index (χ2n) is 3.83. The molecular formula is C12H15ClN4O. The zero-order valence-corrected chi connectivity index (χ0v) is 11.2. The van der Waals surface area contributed by atoms with Gasteiger partial charge in [0.1, 0.15) is 11.0 Å². The molecule has 96 valence electrons. The van der Waals surface area contributed by atoms with E-state index >= 15 is 0 Å². The normalized spacial score (nSPS) is 10.6. The molecule has 0 spiro atoms. The predicted octanol–water partition coefficient (Wildman–Crippen LogP) is 3.09. The molecule has 0 saturated carbocycles. The fraction of sp³-hybridized carbons (Fsp3) is 0.417. The Morgan fingerprint density at radius 2 is 2.17 bits per heavy atom. The maximum absolute atomic E-state index is 5.93. The first-order valence-corrected chi connectivity index (χ1v) is 6.32. The maximum Gasteiger partial charge on any atom is 0.224 e. The molecule has 0 unspecified atom stereocenters. The molecule has 0 saturated heterocycles. The minimum atomic E-state index is 0.395. The average molecular weight is 267 g/mol. The number of hydrogen-bond donors (Lipinski definition) is 0. The molecule has 0 atom stereocenters. The van der Waals surface area contributed by atoms with Crippen molar-refractivity contribution >= 4 is 11.6 Å². The van der Waals surface area contributed by atoms with Crippen LogP contribution in [0.15, 0.2) is 18.5 Å². The predicted molar refractivity (Wildman–Crippen MR) is 69.0 cm³/mol. The molecule has 0 fully saturated rings. The zero-order valence-electron chi connectivity index (χ0n) is 10.4. The van der Waals surface area contributed by atoms with Gasteiger partial charge in [0.2, 0.25) is 5.88 Å². The van der Waals surface area contributed by atoms with Crippen LogP contribution >= 0.6 is 11.6 Å². The van der Waals surface area contributed by atoms with Crippen LogP contribution in [0.4, 0.5) is 0 Å². The molecule has 0 aliphatic rings. The molecule has 6 heteroatoms. The Morgan fingerprint density at radius 3 is 2.83 bits per heavy atom. The number of ether oxygens (including phenoxy) is 1. The van der Waals surface area contributed by atoms with Crippen LogP contribution < -0.4 is 4.74 Å². The van der Waals surface area contributed by atoms with Gasteiger partial charge in [-0.05, 0) is 13.3 Å². The van der Waals surface area contributed by atoms with Crippen molar-refractivity contribution in [3.8, 4) is 11.6 Å². The van der Waals surface area contributed by atoms with E-state index in [-0.39, 0.29) is 0 Å². The lowest BCUT2D eigenvalue weighted by Gasteiger charge is -2.04. The number of halogens is 1. The third-order valence-electron chi connectivity index (χ3n) is 2.35. The number of rotatable bonds is 5. The summed E-state index contributed by atoms with van der Waals surface area (Å²) in [5, 5.41) is 4.52. The summed E-state index contributed by atoms with van der Waals surface area (Å²) in [4.78, 5) is 8.44. The Labute approximate surface area is 111 Å². The van der Waals surface area contributed by atoms with Gasteiger partial charge in [0.05, 0.1) is 12.4 Å². The van der Waals surface area contributed by atoms with Crippen molar-refractivity contribution in [1.82, 2.24) is 19.7 Å². The Hall–Kier alpha value is -1.62. The van der Waals surface area contributed by atoms with Gasteiger partial charge in [-0.2, -0.15) is 10.1 Å². The highest BCUT2D eigenvalue weighted by molar-refractivity contribution is 6.29. The van der Waals surface area contributed by atoms with Gasteiger partial charge in [-0.15, -0.1) is 0 Å². The minimum absolute atomic E-state index is 0.395. The first-order valence-electron chi connectivity index (χ1n) is 5.95. The van der Waals surface area contributed by atoms with Gasteiger partial charge in [-0.25, -0.2) is 4.98 Å². The SMILES string of the molecule is CCCc1nc(Cl)cc(Oc2cnn(CC)c2)n1. The van der Waals surface area contributed by atoms with Gasteiger partial charge in [-0.1, -0.05) is 18.5 Å². The van der Waals surface area contributed by atoms with E-state index in [1.54, 1.807) is 16.9 Å². The third kappa shape index (κ3) is 3.20. The van der Waals surface area contributed by atoms with E-state index in [1.165, 1.54) is 0 Å². The van der Waals surface area contributed by atoms with Crippen LogP contribution in [0.2, 0.25) is 5.15 Å². The van der Waals surface area contributed by atoms with Gasteiger partial charge in [0.15, 0.2) is 5.75 Å². The van der Waals surface area contributed by atoms with Crippen molar-refractivity contribution in [2.24, 2.45) is 0 Å². The fourth-order valence-electron chi connectivity index (χ4n) is 1.52. The summed E-state index contributed by atoms with van der Waals surface area (Å²) in [7, 11) is 0. The van der Waals surface area contributed by atoms with Gasteiger partial charge in [-0.3, -0.25) is 4.68 Å². The summed E-state index contributed by atoms with van der Waals surface area (Å²) in [6.45, 7) is 4.88. The summed E-state index contributed by atoms with van der Waals surface area (Å²) < 4.78 is 7.39. The molecule has 0 aliphatic carbocycles. The summed E-state index contributed by atoms with van der Waals surface area (Å²) in [6.07, 6.45) is 5.22.